The highest BCUT2D eigenvalue weighted by atomic mass is 79.9. The van der Waals surface area contributed by atoms with Crippen molar-refractivity contribution in [3.8, 4) is 0 Å². The summed E-state index contributed by atoms with van der Waals surface area (Å²) in [6.07, 6.45) is 7.29. The molecule has 3 rings (SSSR count). The first-order valence-corrected chi connectivity index (χ1v) is 7.99. The smallest absolute Gasteiger partial charge is 0.267 e. The number of aromatic nitrogens is 3. The Morgan fingerprint density at radius 2 is 2.05 bits per heavy atom. The minimum absolute atomic E-state index is 0.0170. The monoisotopic (exact) mass is 355 g/mol. The molecule has 106 valence electrons. The number of nitrogens with zero attached hydrogens (tertiary/aromatic N) is 3. The molecule has 0 aromatic carbocycles. The van der Waals surface area contributed by atoms with Crippen molar-refractivity contribution in [2.75, 3.05) is 0 Å². The van der Waals surface area contributed by atoms with Gasteiger partial charge < -0.3 is 0 Å². The van der Waals surface area contributed by atoms with E-state index in [9.17, 15) is 4.79 Å². The van der Waals surface area contributed by atoms with Crippen molar-refractivity contribution >= 4 is 38.6 Å². The van der Waals surface area contributed by atoms with Gasteiger partial charge in [0.15, 0.2) is 0 Å². The lowest BCUT2D eigenvalue weighted by Crippen LogP contribution is -2.28. The molecule has 1 aliphatic rings. The van der Waals surface area contributed by atoms with E-state index in [4.69, 9.17) is 11.6 Å². The fraction of sp³-hybridized carbons (Fsp3) is 0.500. The third-order valence-corrected chi connectivity index (χ3v) is 5.16. The Hall–Kier alpha value is -0.940. The Balaban J connectivity index is 2.33. The Morgan fingerprint density at radius 1 is 1.35 bits per heavy atom. The topological polar surface area (TPSA) is 47.8 Å². The predicted octanol–water partition coefficient (Wildman–Crippen LogP) is 4.02. The molecule has 0 spiro atoms. The average Bonchev–Trinajstić information content (AvgIpc) is 2.46. The lowest BCUT2D eigenvalue weighted by Gasteiger charge is -2.25. The van der Waals surface area contributed by atoms with Gasteiger partial charge in [-0.3, -0.25) is 9.36 Å². The summed E-state index contributed by atoms with van der Waals surface area (Å²) < 4.78 is 2.40. The number of pyridine rings is 1. The van der Waals surface area contributed by atoms with Crippen LogP contribution in [0.15, 0.2) is 15.5 Å². The minimum atomic E-state index is -0.0170. The van der Waals surface area contributed by atoms with Gasteiger partial charge in [0.05, 0.1) is 4.47 Å². The van der Waals surface area contributed by atoms with Gasteiger partial charge in [-0.1, -0.05) is 19.3 Å². The van der Waals surface area contributed by atoms with Crippen LogP contribution < -0.4 is 5.56 Å². The van der Waals surface area contributed by atoms with Crippen molar-refractivity contribution in [3.63, 3.8) is 0 Å². The standard InChI is InChI=1S/C14H15BrClN3O/c1-8-10-7-17-14(16)18-12(10)19(13(20)11(8)15)9-5-3-2-4-6-9/h7,9H,2-6H2,1H3. The quantitative estimate of drug-likeness (QED) is 0.725. The number of hydrogen-bond acceptors (Lipinski definition) is 3. The molecule has 0 radical (unpaired) electrons. The number of halogens is 2. The van der Waals surface area contributed by atoms with Crippen molar-refractivity contribution in [3.05, 3.63) is 31.9 Å². The van der Waals surface area contributed by atoms with Gasteiger partial charge in [0.2, 0.25) is 5.28 Å². The first-order valence-electron chi connectivity index (χ1n) is 6.82. The van der Waals surface area contributed by atoms with E-state index in [0.717, 1.165) is 36.6 Å². The first kappa shape index (κ1) is 14.0. The van der Waals surface area contributed by atoms with E-state index >= 15 is 0 Å². The molecule has 0 saturated heterocycles. The van der Waals surface area contributed by atoms with Crippen LogP contribution in [0, 0.1) is 6.92 Å². The first-order chi connectivity index (χ1) is 9.59. The highest BCUT2D eigenvalue weighted by Gasteiger charge is 2.22. The van der Waals surface area contributed by atoms with E-state index in [1.165, 1.54) is 6.42 Å². The number of fused-ring (bicyclic) bond motifs is 1. The number of rotatable bonds is 1. The lowest BCUT2D eigenvalue weighted by atomic mass is 9.95. The summed E-state index contributed by atoms with van der Waals surface area (Å²) in [6.45, 7) is 1.90. The van der Waals surface area contributed by atoms with Crippen LogP contribution >= 0.6 is 27.5 Å². The molecule has 4 nitrogen and oxygen atoms in total. The normalized spacial score (nSPS) is 16.8. The fourth-order valence-electron chi connectivity index (χ4n) is 2.96. The molecule has 1 aliphatic carbocycles. The zero-order chi connectivity index (χ0) is 14.3. The summed E-state index contributed by atoms with van der Waals surface area (Å²) in [7, 11) is 0. The molecule has 0 N–H and O–H groups in total. The number of hydrogen-bond donors (Lipinski definition) is 0. The summed E-state index contributed by atoms with van der Waals surface area (Å²) in [5, 5.41) is 1.06. The third kappa shape index (κ3) is 2.27. The van der Waals surface area contributed by atoms with Gasteiger partial charge in [-0.25, -0.2) is 4.98 Å². The summed E-state index contributed by atoms with van der Waals surface area (Å²) in [5.41, 5.74) is 1.51. The zero-order valence-corrected chi connectivity index (χ0v) is 13.5. The van der Waals surface area contributed by atoms with Gasteiger partial charge in [0, 0.05) is 17.6 Å². The summed E-state index contributed by atoms with van der Waals surface area (Å²) in [4.78, 5) is 21.0. The van der Waals surface area contributed by atoms with Crippen LogP contribution in [0.5, 0.6) is 0 Å². The van der Waals surface area contributed by atoms with E-state index in [-0.39, 0.29) is 16.9 Å². The molecule has 20 heavy (non-hydrogen) atoms. The van der Waals surface area contributed by atoms with Gasteiger partial charge in [0.25, 0.3) is 5.56 Å². The maximum Gasteiger partial charge on any atom is 0.267 e. The van der Waals surface area contributed by atoms with Crippen molar-refractivity contribution in [1.29, 1.82) is 0 Å². The Bertz CT molecular complexity index is 722. The molecule has 1 saturated carbocycles. The van der Waals surface area contributed by atoms with Crippen LogP contribution in [0.3, 0.4) is 0 Å². The van der Waals surface area contributed by atoms with Crippen LogP contribution in [0.1, 0.15) is 43.7 Å². The van der Waals surface area contributed by atoms with E-state index in [1.54, 1.807) is 10.8 Å². The van der Waals surface area contributed by atoms with Gasteiger partial charge in [-0.05, 0) is 52.9 Å². The van der Waals surface area contributed by atoms with Crippen molar-refractivity contribution < 1.29 is 0 Å². The SMILES string of the molecule is Cc1c(Br)c(=O)n(C2CCCCC2)c2nc(Cl)ncc12. The molecular formula is C14H15BrClN3O. The molecule has 2 aromatic heterocycles. The van der Waals surface area contributed by atoms with E-state index in [0.29, 0.717) is 10.1 Å². The fourth-order valence-corrected chi connectivity index (χ4v) is 3.49. The third-order valence-electron chi connectivity index (χ3n) is 4.05. The van der Waals surface area contributed by atoms with Gasteiger partial charge >= 0.3 is 0 Å². The Morgan fingerprint density at radius 3 is 2.75 bits per heavy atom. The molecule has 0 amide bonds. The van der Waals surface area contributed by atoms with Crippen molar-refractivity contribution in [2.24, 2.45) is 0 Å². The second-order valence-corrected chi connectivity index (χ2v) is 6.41. The average molecular weight is 357 g/mol. The molecule has 0 bridgehead atoms. The van der Waals surface area contributed by atoms with Crippen LogP contribution in [0.25, 0.3) is 11.0 Å². The zero-order valence-electron chi connectivity index (χ0n) is 11.2. The van der Waals surface area contributed by atoms with Crippen molar-refractivity contribution in [2.45, 2.75) is 45.1 Å². The largest absolute Gasteiger partial charge is 0.288 e. The molecule has 1 fully saturated rings. The maximum atomic E-state index is 12.6. The highest BCUT2D eigenvalue weighted by Crippen LogP contribution is 2.31. The molecule has 0 unspecified atom stereocenters. The molecule has 6 heteroatoms. The minimum Gasteiger partial charge on any atom is -0.288 e. The molecule has 0 atom stereocenters. The van der Waals surface area contributed by atoms with Crippen molar-refractivity contribution in [1.82, 2.24) is 14.5 Å². The van der Waals surface area contributed by atoms with Crippen LogP contribution in [-0.2, 0) is 0 Å². The van der Waals surface area contributed by atoms with Crippen LogP contribution in [0.4, 0.5) is 0 Å². The highest BCUT2D eigenvalue weighted by molar-refractivity contribution is 9.10. The second kappa shape index (κ2) is 5.45. The summed E-state index contributed by atoms with van der Waals surface area (Å²) >= 11 is 9.34. The van der Waals surface area contributed by atoms with Crippen LogP contribution in [-0.4, -0.2) is 14.5 Å². The summed E-state index contributed by atoms with van der Waals surface area (Å²) in [5.74, 6) is 0. The summed E-state index contributed by atoms with van der Waals surface area (Å²) in [6, 6.07) is 0.210. The Labute approximate surface area is 130 Å². The molecular weight excluding hydrogens is 342 g/mol. The van der Waals surface area contributed by atoms with E-state index < -0.39 is 0 Å². The number of aryl methyl sites for hydroxylation is 1. The second-order valence-electron chi connectivity index (χ2n) is 5.28. The Kier molecular flexibility index (Phi) is 3.82. The molecule has 2 heterocycles. The lowest BCUT2D eigenvalue weighted by molar-refractivity contribution is 0.352. The van der Waals surface area contributed by atoms with E-state index in [1.807, 2.05) is 6.92 Å². The van der Waals surface area contributed by atoms with E-state index in [2.05, 4.69) is 25.9 Å². The van der Waals surface area contributed by atoms with Gasteiger partial charge in [0.1, 0.15) is 5.65 Å². The maximum absolute atomic E-state index is 12.6. The molecule has 2 aromatic rings. The predicted molar refractivity (Wildman–Crippen MR) is 83.4 cm³/mol. The molecule has 0 aliphatic heterocycles. The van der Waals surface area contributed by atoms with Crippen LogP contribution in [0.2, 0.25) is 5.28 Å². The van der Waals surface area contributed by atoms with Gasteiger partial charge in [-0.15, -0.1) is 0 Å². The van der Waals surface area contributed by atoms with Gasteiger partial charge in [-0.2, -0.15) is 4.98 Å².